The summed E-state index contributed by atoms with van der Waals surface area (Å²) in [7, 11) is 0. The highest BCUT2D eigenvalue weighted by Gasteiger charge is 2.34. The molecule has 0 aromatic heterocycles. The number of carbonyl (C=O) groups excluding carboxylic acids is 2. The van der Waals surface area contributed by atoms with Crippen molar-refractivity contribution in [3.8, 4) is 11.5 Å². The van der Waals surface area contributed by atoms with Crippen molar-refractivity contribution in [2.24, 2.45) is 5.73 Å². The third-order valence-corrected chi connectivity index (χ3v) is 5.36. The minimum atomic E-state index is -0.577. The fraction of sp³-hybridized carbons (Fsp3) is 0.130. The Labute approximate surface area is 178 Å². The van der Waals surface area contributed by atoms with Crippen LogP contribution in [0.2, 0.25) is 5.02 Å². The number of halogens is 1. The lowest BCUT2D eigenvalue weighted by Crippen LogP contribution is -2.36. The molecular formula is C23H19ClN2O4. The van der Waals surface area contributed by atoms with Gasteiger partial charge in [-0.1, -0.05) is 41.9 Å². The summed E-state index contributed by atoms with van der Waals surface area (Å²) in [6, 6.07) is 18.0. The number of aromatic hydroxyl groups is 1. The molecule has 0 saturated heterocycles. The molecule has 1 aliphatic rings. The van der Waals surface area contributed by atoms with Gasteiger partial charge in [-0.15, -0.1) is 0 Å². The Morgan fingerprint density at radius 1 is 1.07 bits per heavy atom. The number of ether oxygens (including phenoxy) is 1. The smallest absolute Gasteiger partial charge is 0.258 e. The number of phenols is 1. The van der Waals surface area contributed by atoms with Crippen LogP contribution in [0.1, 0.15) is 37.9 Å². The van der Waals surface area contributed by atoms with E-state index in [9.17, 15) is 14.7 Å². The molecule has 0 saturated carbocycles. The minimum Gasteiger partial charge on any atom is -0.507 e. The number of hydrogen-bond acceptors (Lipinski definition) is 4. The molecule has 3 aromatic carbocycles. The van der Waals surface area contributed by atoms with E-state index in [1.165, 1.54) is 6.07 Å². The number of nitrogens with zero attached hydrogens (tertiary/aromatic N) is 1. The number of para-hydroxylation sites is 1. The van der Waals surface area contributed by atoms with Crippen LogP contribution in [-0.4, -0.2) is 28.4 Å². The van der Waals surface area contributed by atoms with Gasteiger partial charge in [0.1, 0.15) is 18.1 Å². The second kappa shape index (κ2) is 8.08. The minimum absolute atomic E-state index is 0.103. The predicted molar refractivity (Wildman–Crippen MR) is 113 cm³/mol. The first-order chi connectivity index (χ1) is 14.5. The Balaban J connectivity index is 1.79. The summed E-state index contributed by atoms with van der Waals surface area (Å²) in [5.41, 5.74) is 7.38. The average Bonchev–Trinajstić information content (AvgIpc) is 3.15. The third-order valence-electron chi connectivity index (χ3n) is 5.12. The number of primary amides is 1. The molecule has 0 fully saturated rings. The molecule has 1 heterocycles. The Bertz CT molecular complexity index is 1130. The standard InChI is InChI=1S/C23H19ClN2O4/c24-15-9-10-21-18(11-15)19(13-30-21)26(23(29)17-7-3-4-8-20(17)27)12-14-5-1-2-6-16(14)22(25)28/h1-11,19,27H,12-13H2,(H2,25,28). The normalized spacial score (nSPS) is 14.6. The number of fused-ring (bicyclic) bond motifs is 1. The number of rotatable bonds is 5. The molecule has 1 aliphatic heterocycles. The summed E-state index contributed by atoms with van der Waals surface area (Å²) in [5, 5.41) is 10.8. The molecule has 7 heteroatoms. The predicted octanol–water partition coefficient (Wildman–Crippen LogP) is 3.92. The van der Waals surface area contributed by atoms with Crippen LogP contribution in [0.3, 0.4) is 0 Å². The Morgan fingerprint density at radius 2 is 1.77 bits per heavy atom. The molecule has 0 radical (unpaired) electrons. The lowest BCUT2D eigenvalue weighted by atomic mass is 10.0. The molecule has 0 bridgehead atoms. The number of carbonyl (C=O) groups is 2. The summed E-state index contributed by atoms with van der Waals surface area (Å²) in [5.74, 6) is -0.455. The maximum Gasteiger partial charge on any atom is 0.258 e. The monoisotopic (exact) mass is 422 g/mol. The highest BCUT2D eigenvalue weighted by Crippen LogP contribution is 2.39. The highest BCUT2D eigenvalue weighted by molar-refractivity contribution is 6.30. The van der Waals surface area contributed by atoms with Crippen molar-refractivity contribution in [1.82, 2.24) is 4.90 Å². The largest absolute Gasteiger partial charge is 0.507 e. The molecule has 1 unspecified atom stereocenters. The number of hydrogen-bond donors (Lipinski definition) is 2. The van der Waals surface area contributed by atoms with Crippen LogP contribution in [0.25, 0.3) is 0 Å². The van der Waals surface area contributed by atoms with Crippen molar-refractivity contribution < 1.29 is 19.4 Å². The van der Waals surface area contributed by atoms with Gasteiger partial charge < -0.3 is 20.5 Å². The van der Waals surface area contributed by atoms with Crippen LogP contribution in [0.4, 0.5) is 0 Å². The Morgan fingerprint density at radius 3 is 2.50 bits per heavy atom. The average molecular weight is 423 g/mol. The molecule has 2 amide bonds. The summed E-state index contributed by atoms with van der Waals surface area (Å²) in [6.45, 7) is 0.333. The topological polar surface area (TPSA) is 92.9 Å². The SMILES string of the molecule is NC(=O)c1ccccc1CN(C(=O)c1ccccc1O)C1COc2ccc(Cl)cc21. The maximum atomic E-state index is 13.5. The van der Waals surface area contributed by atoms with E-state index in [1.807, 2.05) is 0 Å². The van der Waals surface area contributed by atoms with Gasteiger partial charge in [-0.25, -0.2) is 0 Å². The molecule has 0 aliphatic carbocycles. The zero-order valence-corrected chi connectivity index (χ0v) is 16.7. The highest BCUT2D eigenvalue weighted by atomic mass is 35.5. The van der Waals surface area contributed by atoms with Crippen molar-refractivity contribution in [2.75, 3.05) is 6.61 Å². The second-order valence-electron chi connectivity index (χ2n) is 6.98. The Kier molecular flexibility index (Phi) is 5.33. The molecule has 30 heavy (non-hydrogen) atoms. The van der Waals surface area contributed by atoms with Gasteiger partial charge in [0.05, 0.1) is 11.6 Å². The summed E-state index contributed by atoms with van der Waals surface area (Å²) >= 11 is 6.18. The van der Waals surface area contributed by atoms with Crippen molar-refractivity contribution in [3.05, 3.63) is 94.0 Å². The lowest BCUT2D eigenvalue weighted by Gasteiger charge is -2.29. The number of amides is 2. The zero-order chi connectivity index (χ0) is 21.3. The molecule has 4 rings (SSSR count). The summed E-state index contributed by atoms with van der Waals surface area (Å²) < 4.78 is 5.77. The van der Waals surface area contributed by atoms with E-state index >= 15 is 0 Å². The lowest BCUT2D eigenvalue weighted by molar-refractivity contribution is 0.0625. The van der Waals surface area contributed by atoms with Gasteiger partial charge >= 0.3 is 0 Å². The van der Waals surface area contributed by atoms with E-state index < -0.39 is 17.9 Å². The first kappa shape index (κ1) is 19.8. The van der Waals surface area contributed by atoms with Gasteiger partial charge in [-0.3, -0.25) is 9.59 Å². The van der Waals surface area contributed by atoms with Crippen molar-refractivity contribution in [3.63, 3.8) is 0 Å². The summed E-state index contributed by atoms with van der Waals surface area (Å²) in [4.78, 5) is 27.0. The zero-order valence-electron chi connectivity index (χ0n) is 15.9. The van der Waals surface area contributed by atoms with Gasteiger partial charge in [0.25, 0.3) is 5.91 Å². The molecule has 0 spiro atoms. The number of nitrogens with two attached hydrogens (primary N) is 1. The molecule has 3 N–H and O–H groups in total. The first-order valence-corrected chi connectivity index (χ1v) is 9.72. The molecule has 152 valence electrons. The van der Waals surface area contributed by atoms with E-state index in [0.717, 1.165) is 5.56 Å². The molecular weight excluding hydrogens is 404 g/mol. The quantitative estimate of drug-likeness (QED) is 0.651. The van der Waals surface area contributed by atoms with Crippen LogP contribution < -0.4 is 10.5 Å². The third kappa shape index (κ3) is 3.69. The molecule has 6 nitrogen and oxygen atoms in total. The summed E-state index contributed by atoms with van der Waals surface area (Å²) in [6.07, 6.45) is 0. The Hall–Kier alpha value is -3.51. The van der Waals surface area contributed by atoms with E-state index in [-0.39, 0.29) is 24.5 Å². The fourth-order valence-electron chi connectivity index (χ4n) is 3.64. The maximum absolute atomic E-state index is 13.5. The van der Waals surface area contributed by atoms with Gasteiger partial charge in [0.15, 0.2) is 0 Å². The van der Waals surface area contributed by atoms with Gasteiger partial charge in [-0.2, -0.15) is 0 Å². The number of phenolic OH excluding ortho intramolecular Hbond substituents is 1. The second-order valence-corrected chi connectivity index (χ2v) is 7.42. The van der Waals surface area contributed by atoms with Crippen LogP contribution in [0.15, 0.2) is 66.7 Å². The van der Waals surface area contributed by atoms with Gasteiger partial charge in [0.2, 0.25) is 5.91 Å². The van der Waals surface area contributed by atoms with Gasteiger partial charge in [-0.05, 0) is 42.0 Å². The first-order valence-electron chi connectivity index (χ1n) is 9.34. The molecule has 1 atom stereocenters. The van der Waals surface area contributed by atoms with E-state index in [2.05, 4.69) is 0 Å². The molecule has 3 aromatic rings. The fourth-order valence-corrected chi connectivity index (χ4v) is 3.82. The van der Waals surface area contributed by atoms with E-state index in [4.69, 9.17) is 22.1 Å². The van der Waals surface area contributed by atoms with Crippen LogP contribution in [-0.2, 0) is 6.54 Å². The van der Waals surface area contributed by atoms with E-state index in [0.29, 0.717) is 21.9 Å². The van der Waals surface area contributed by atoms with Crippen molar-refractivity contribution >= 4 is 23.4 Å². The number of benzene rings is 3. The van der Waals surface area contributed by atoms with Crippen LogP contribution in [0, 0.1) is 0 Å². The van der Waals surface area contributed by atoms with Crippen LogP contribution >= 0.6 is 11.6 Å². The van der Waals surface area contributed by atoms with Crippen molar-refractivity contribution in [2.45, 2.75) is 12.6 Å². The van der Waals surface area contributed by atoms with Crippen LogP contribution in [0.5, 0.6) is 11.5 Å². The van der Waals surface area contributed by atoms with E-state index in [1.54, 1.807) is 65.6 Å². The van der Waals surface area contributed by atoms with Gasteiger partial charge in [0, 0.05) is 22.7 Å². The van der Waals surface area contributed by atoms with Crippen molar-refractivity contribution in [1.29, 1.82) is 0 Å².